The van der Waals surface area contributed by atoms with Crippen molar-refractivity contribution in [2.24, 2.45) is 5.73 Å². The number of likely N-dealkylation sites (tertiary alicyclic amines) is 1. The Morgan fingerprint density at radius 3 is 2.96 bits per heavy atom. The van der Waals surface area contributed by atoms with Gasteiger partial charge >= 0.3 is 6.09 Å². The zero-order valence-electron chi connectivity index (χ0n) is 14.4. The van der Waals surface area contributed by atoms with Gasteiger partial charge in [0.15, 0.2) is 5.78 Å². The van der Waals surface area contributed by atoms with Crippen LogP contribution in [0.25, 0.3) is 0 Å². The van der Waals surface area contributed by atoms with Gasteiger partial charge in [0, 0.05) is 18.3 Å². The number of Topliss-reactive ketones (excluding diaryl/α,β-unsaturated/α-hetero) is 1. The van der Waals surface area contributed by atoms with Gasteiger partial charge in [0.05, 0.1) is 23.9 Å². The summed E-state index contributed by atoms with van der Waals surface area (Å²) >= 11 is 1.41. The maximum atomic E-state index is 13.1. The number of aliphatic hydroxyl groups excluding tert-OH is 1. The number of rotatable bonds is 6. The van der Waals surface area contributed by atoms with Crippen molar-refractivity contribution in [2.75, 3.05) is 13.2 Å². The standard InChI is InChI=1S/C16H22N4O5S/c1-9-12(19-15(24)25-9)14(23)20-4-2-3-16(20,7-21)13(22)11(17)5-10-6-26-8-18-10/h6,8-9,11-12,21H,2-5,7,17H2,1H3,(H,19,24)/t9?,11-,12?,16-/m0/s1. The summed E-state index contributed by atoms with van der Waals surface area (Å²) in [5.74, 6) is -0.833. The first-order valence-corrected chi connectivity index (χ1v) is 9.40. The van der Waals surface area contributed by atoms with Gasteiger partial charge in [-0.25, -0.2) is 9.78 Å². The Hall–Kier alpha value is -2.04. The lowest BCUT2D eigenvalue weighted by molar-refractivity contribution is -0.149. The van der Waals surface area contributed by atoms with Crippen LogP contribution in [-0.4, -0.2) is 69.7 Å². The van der Waals surface area contributed by atoms with Gasteiger partial charge in [-0.1, -0.05) is 0 Å². The molecule has 0 bridgehead atoms. The number of cyclic esters (lactones) is 1. The monoisotopic (exact) mass is 382 g/mol. The first-order chi connectivity index (χ1) is 12.4. The highest BCUT2D eigenvalue weighted by Gasteiger charge is 2.53. The van der Waals surface area contributed by atoms with Gasteiger partial charge in [0.1, 0.15) is 17.7 Å². The van der Waals surface area contributed by atoms with E-state index in [0.29, 0.717) is 25.1 Å². The number of carbonyl (C=O) groups excluding carboxylic acids is 3. The Labute approximate surface area is 154 Å². The first-order valence-electron chi connectivity index (χ1n) is 8.45. The molecule has 10 heteroatoms. The molecular formula is C16H22N4O5S. The molecule has 3 rings (SSSR count). The van der Waals surface area contributed by atoms with Crippen molar-refractivity contribution < 1.29 is 24.2 Å². The number of aliphatic hydroxyl groups is 1. The van der Waals surface area contributed by atoms with Crippen LogP contribution in [0.5, 0.6) is 0 Å². The summed E-state index contributed by atoms with van der Waals surface area (Å²) in [6, 6.07) is -1.77. The van der Waals surface area contributed by atoms with Gasteiger partial charge < -0.3 is 25.8 Å². The predicted molar refractivity (Wildman–Crippen MR) is 92.4 cm³/mol. The van der Waals surface area contributed by atoms with Gasteiger partial charge in [-0.2, -0.15) is 0 Å². The fourth-order valence-electron chi connectivity index (χ4n) is 3.65. The molecule has 2 saturated heterocycles. The fourth-order valence-corrected chi connectivity index (χ4v) is 4.22. The Bertz CT molecular complexity index is 697. The molecule has 1 aromatic rings. The van der Waals surface area contributed by atoms with E-state index in [1.807, 2.05) is 5.38 Å². The molecule has 2 unspecified atom stereocenters. The number of amides is 2. The summed E-state index contributed by atoms with van der Waals surface area (Å²) in [7, 11) is 0. The summed E-state index contributed by atoms with van der Waals surface area (Å²) < 4.78 is 4.96. The highest BCUT2D eigenvalue weighted by atomic mass is 32.1. The molecule has 4 N–H and O–H groups in total. The summed E-state index contributed by atoms with van der Waals surface area (Å²) in [4.78, 5) is 42.9. The molecule has 9 nitrogen and oxygen atoms in total. The molecule has 0 aliphatic carbocycles. The molecule has 1 aromatic heterocycles. The van der Waals surface area contributed by atoms with E-state index in [-0.39, 0.29) is 6.42 Å². The van der Waals surface area contributed by atoms with Crippen LogP contribution >= 0.6 is 11.3 Å². The molecular weight excluding hydrogens is 360 g/mol. The molecule has 2 fully saturated rings. The first kappa shape index (κ1) is 18.7. The molecule has 142 valence electrons. The van der Waals surface area contributed by atoms with Crippen LogP contribution in [0, 0.1) is 0 Å². The van der Waals surface area contributed by atoms with E-state index in [2.05, 4.69) is 10.3 Å². The number of nitrogens with two attached hydrogens (primary N) is 1. The van der Waals surface area contributed by atoms with E-state index < -0.39 is 48.1 Å². The van der Waals surface area contributed by atoms with E-state index in [4.69, 9.17) is 10.5 Å². The predicted octanol–water partition coefficient (Wildman–Crippen LogP) is -0.568. The Kier molecular flexibility index (Phi) is 5.26. The van der Waals surface area contributed by atoms with E-state index in [1.165, 1.54) is 16.2 Å². The molecule has 0 saturated carbocycles. The van der Waals surface area contributed by atoms with Crippen molar-refractivity contribution in [3.63, 3.8) is 0 Å². The number of carbonyl (C=O) groups is 3. The number of aromatic nitrogens is 1. The minimum atomic E-state index is -1.38. The fraction of sp³-hybridized carbons (Fsp3) is 0.625. The van der Waals surface area contributed by atoms with Crippen LogP contribution in [0.2, 0.25) is 0 Å². The minimum Gasteiger partial charge on any atom is -0.444 e. The zero-order valence-corrected chi connectivity index (χ0v) is 15.2. The number of alkyl carbamates (subject to hydrolysis) is 1. The number of thiazole rings is 1. The van der Waals surface area contributed by atoms with E-state index >= 15 is 0 Å². The quantitative estimate of drug-likeness (QED) is 0.600. The molecule has 0 spiro atoms. The van der Waals surface area contributed by atoms with Crippen LogP contribution in [0.3, 0.4) is 0 Å². The smallest absolute Gasteiger partial charge is 0.408 e. The molecule has 2 aliphatic heterocycles. The number of hydrogen-bond acceptors (Lipinski definition) is 8. The highest BCUT2D eigenvalue weighted by Crippen LogP contribution is 2.33. The van der Waals surface area contributed by atoms with Crippen molar-refractivity contribution in [3.8, 4) is 0 Å². The van der Waals surface area contributed by atoms with Crippen LogP contribution < -0.4 is 11.1 Å². The van der Waals surface area contributed by atoms with Gasteiger partial charge in [0.25, 0.3) is 0 Å². The number of hydrogen-bond donors (Lipinski definition) is 3. The Morgan fingerprint density at radius 1 is 1.62 bits per heavy atom. The highest BCUT2D eigenvalue weighted by molar-refractivity contribution is 7.07. The molecule has 4 atom stereocenters. The molecule has 3 heterocycles. The average molecular weight is 382 g/mol. The molecule has 26 heavy (non-hydrogen) atoms. The van der Waals surface area contributed by atoms with Crippen LogP contribution in [0.15, 0.2) is 10.9 Å². The van der Waals surface area contributed by atoms with Crippen LogP contribution in [0.1, 0.15) is 25.5 Å². The third-order valence-corrected chi connectivity index (χ3v) is 5.66. The topological polar surface area (TPSA) is 135 Å². The maximum Gasteiger partial charge on any atom is 0.408 e. The van der Waals surface area contributed by atoms with E-state index in [0.717, 1.165) is 0 Å². The second-order valence-electron chi connectivity index (χ2n) is 6.67. The largest absolute Gasteiger partial charge is 0.444 e. The van der Waals surface area contributed by atoms with Crippen LogP contribution in [0.4, 0.5) is 4.79 Å². The molecule has 2 aliphatic rings. The SMILES string of the molecule is CC1OC(=O)NC1C(=O)N1CCC[C@]1(CO)C(=O)[C@@H](N)Cc1cscn1. The van der Waals surface area contributed by atoms with Crippen molar-refractivity contribution in [1.29, 1.82) is 0 Å². The van der Waals surface area contributed by atoms with Gasteiger partial charge in [-0.3, -0.25) is 9.59 Å². The number of nitrogens with zero attached hydrogens (tertiary/aromatic N) is 2. The lowest BCUT2D eigenvalue weighted by Gasteiger charge is -2.38. The van der Waals surface area contributed by atoms with Gasteiger partial charge in [-0.15, -0.1) is 11.3 Å². The molecule has 0 radical (unpaired) electrons. The number of ketones is 1. The average Bonchev–Trinajstić information content (AvgIpc) is 3.33. The second kappa shape index (κ2) is 7.29. The van der Waals surface area contributed by atoms with Crippen molar-refractivity contribution >= 4 is 29.1 Å². The summed E-state index contributed by atoms with van der Waals surface area (Å²) in [5.41, 5.74) is 7.07. The van der Waals surface area contributed by atoms with E-state index in [1.54, 1.807) is 12.4 Å². The Morgan fingerprint density at radius 2 is 2.38 bits per heavy atom. The molecule has 0 aromatic carbocycles. The summed E-state index contributed by atoms with van der Waals surface area (Å²) in [6.45, 7) is 1.40. The number of nitrogens with one attached hydrogen (secondary N) is 1. The minimum absolute atomic E-state index is 0.242. The normalized spacial score (nSPS) is 29.3. The number of ether oxygens (including phenoxy) is 1. The summed E-state index contributed by atoms with van der Waals surface area (Å²) in [6.07, 6.45) is -0.181. The third kappa shape index (κ3) is 3.19. The Balaban J connectivity index is 1.80. The van der Waals surface area contributed by atoms with Crippen molar-refractivity contribution in [1.82, 2.24) is 15.2 Å². The van der Waals surface area contributed by atoms with Crippen molar-refractivity contribution in [3.05, 3.63) is 16.6 Å². The molecule has 2 amide bonds. The summed E-state index contributed by atoms with van der Waals surface area (Å²) in [5, 5.41) is 14.3. The van der Waals surface area contributed by atoms with Crippen molar-refractivity contribution in [2.45, 2.75) is 49.9 Å². The maximum absolute atomic E-state index is 13.1. The van der Waals surface area contributed by atoms with Crippen LogP contribution in [-0.2, 0) is 20.7 Å². The lowest BCUT2D eigenvalue weighted by atomic mass is 9.85. The third-order valence-electron chi connectivity index (χ3n) is 5.03. The second-order valence-corrected chi connectivity index (χ2v) is 7.39. The zero-order chi connectivity index (χ0) is 18.9. The lowest BCUT2D eigenvalue weighted by Crippen LogP contribution is -2.63. The van der Waals surface area contributed by atoms with E-state index in [9.17, 15) is 19.5 Å². The van der Waals surface area contributed by atoms with Gasteiger partial charge in [-0.05, 0) is 19.8 Å². The van der Waals surface area contributed by atoms with Gasteiger partial charge in [0.2, 0.25) is 5.91 Å².